The maximum atomic E-state index is 10.4. The number of carbonyl (C=O) groups is 1. The molecule has 2 aromatic carbocycles. The Labute approximate surface area is 94.9 Å². The predicted octanol–water partition coefficient (Wildman–Crippen LogP) is 3.23. The molecule has 2 aromatic rings. The highest BCUT2D eigenvalue weighted by molar-refractivity contribution is 5.76. The van der Waals surface area contributed by atoms with Crippen LogP contribution in [0.15, 0.2) is 48.5 Å². The van der Waals surface area contributed by atoms with Crippen molar-refractivity contribution < 1.29 is 4.79 Å². The third-order valence-electron chi connectivity index (χ3n) is 2.54. The first-order valence-electron chi connectivity index (χ1n) is 5.17. The molecule has 0 atom stereocenters. The summed E-state index contributed by atoms with van der Waals surface area (Å²) in [6, 6.07) is 16.0. The Bertz CT molecular complexity index is 506. The van der Waals surface area contributed by atoms with Gasteiger partial charge in [-0.2, -0.15) is 0 Å². The normalized spacial score (nSPS) is 9.81. The van der Waals surface area contributed by atoms with Gasteiger partial charge in [-0.1, -0.05) is 36.4 Å². The van der Waals surface area contributed by atoms with E-state index in [2.05, 4.69) is 24.4 Å². The van der Waals surface area contributed by atoms with E-state index in [4.69, 9.17) is 0 Å². The van der Waals surface area contributed by atoms with Gasteiger partial charge in [0.05, 0.1) is 0 Å². The average Bonchev–Trinajstić information content (AvgIpc) is 2.30. The summed E-state index contributed by atoms with van der Waals surface area (Å²) in [4.78, 5) is 10.4. The van der Waals surface area contributed by atoms with Gasteiger partial charge in [-0.3, -0.25) is 4.79 Å². The van der Waals surface area contributed by atoms with E-state index in [1.807, 2.05) is 36.4 Å². The molecule has 1 amide bonds. The van der Waals surface area contributed by atoms with E-state index >= 15 is 0 Å². The Kier molecular flexibility index (Phi) is 3.01. The molecular weight excluding hydrogens is 198 g/mol. The zero-order valence-corrected chi connectivity index (χ0v) is 9.10. The smallest absolute Gasteiger partial charge is 0.211 e. The molecule has 0 fully saturated rings. The first kappa shape index (κ1) is 10.4. The highest BCUT2D eigenvalue weighted by Crippen LogP contribution is 2.25. The molecule has 0 bridgehead atoms. The van der Waals surface area contributed by atoms with E-state index in [0.29, 0.717) is 6.41 Å². The molecule has 80 valence electrons. The molecule has 0 unspecified atom stereocenters. The first-order valence-corrected chi connectivity index (χ1v) is 5.17. The highest BCUT2D eigenvalue weighted by Gasteiger charge is 2.01. The fourth-order valence-corrected chi connectivity index (χ4v) is 1.74. The van der Waals surface area contributed by atoms with Crippen molar-refractivity contribution in [1.82, 2.24) is 0 Å². The summed E-state index contributed by atoms with van der Waals surface area (Å²) >= 11 is 0. The highest BCUT2D eigenvalue weighted by atomic mass is 16.1. The number of hydrogen-bond donors (Lipinski definition) is 1. The van der Waals surface area contributed by atoms with Gasteiger partial charge in [-0.25, -0.2) is 0 Å². The number of hydrogen-bond acceptors (Lipinski definition) is 1. The van der Waals surface area contributed by atoms with Gasteiger partial charge in [-0.15, -0.1) is 0 Å². The summed E-state index contributed by atoms with van der Waals surface area (Å²) in [6.45, 7) is 2.08. The number of anilines is 1. The van der Waals surface area contributed by atoms with Gasteiger partial charge in [0.2, 0.25) is 6.41 Å². The van der Waals surface area contributed by atoms with Gasteiger partial charge >= 0.3 is 0 Å². The monoisotopic (exact) mass is 211 g/mol. The Hall–Kier alpha value is -2.09. The molecule has 0 radical (unpaired) electrons. The number of carbonyl (C=O) groups excluding carboxylic acids is 1. The van der Waals surface area contributed by atoms with Gasteiger partial charge < -0.3 is 5.32 Å². The lowest BCUT2D eigenvalue weighted by Crippen LogP contribution is -1.93. The van der Waals surface area contributed by atoms with E-state index in [1.54, 1.807) is 0 Å². The van der Waals surface area contributed by atoms with E-state index in [0.717, 1.165) is 11.3 Å². The molecule has 0 spiro atoms. The van der Waals surface area contributed by atoms with Crippen molar-refractivity contribution in [1.29, 1.82) is 0 Å². The third-order valence-corrected chi connectivity index (χ3v) is 2.54. The minimum Gasteiger partial charge on any atom is -0.329 e. The van der Waals surface area contributed by atoms with Crippen molar-refractivity contribution in [3.05, 3.63) is 54.1 Å². The largest absolute Gasteiger partial charge is 0.329 e. The quantitative estimate of drug-likeness (QED) is 0.776. The van der Waals surface area contributed by atoms with Crippen molar-refractivity contribution in [2.45, 2.75) is 6.92 Å². The maximum absolute atomic E-state index is 10.4. The second-order valence-corrected chi connectivity index (χ2v) is 3.66. The van der Waals surface area contributed by atoms with Crippen LogP contribution in [0.1, 0.15) is 5.56 Å². The van der Waals surface area contributed by atoms with Crippen LogP contribution in [0.5, 0.6) is 0 Å². The predicted molar refractivity (Wildman–Crippen MR) is 66.3 cm³/mol. The van der Waals surface area contributed by atoms with Gasteiger partial charge in [0.15, 0.2) is 0 Å². The van der Waals surface area contributed by atoms with Crippen LogP contribution >= 0.6 is 0 Å². The van der Waals surface area contributed by atoms with Crippen molar-refractivity contribution in [3.63, 3.8) is 0 Å². The molecule has 0 aliphatic heterocycles. The molecule has 0 saturated carbocycles. The SMILES string of the molecule is Cc1ccccc1-c1cccc(NC=O)c1. The molecule has 0 aliphatic carbocycles. The van der Waals surface area contributed by atoms with Crippen LogP contribution in [-0.4, -0.2) is 6.41 Å². The second kappa shape index (κ2) is 4.62. The Morgan fingerprint density at radius 1 is 1.06 bits per heavy atom. The zero-order chi connectivity index (χ0) is 11.4. The summed E-state index contributed by atoms with van der Waals surface area (Å²) in [5.74, 6) is 0. The van der Waals surface area contributed by atoms with Gasteiger partial charge in [-0.05, 0) is 35.7 Å². The minimum atomic E-state index is 0.691. The fraction of sp³-hybridized carbons (Fsp3) is 0.0714. The van der Waals surface area contributed by atoms with Crippen molar-refractivity contribution >= 4 is 12.1 Å². The van der Waals surface area contributed by atoms with Crippen molar-refractivity contribution in [2.24, 2.45) is 0 Å². The summed E-state index contributed by atoms with van der Waals surface area (Å²) in [7, 11) is 0. The van der Waals surface area contributed by atoms with Crippen LogP contribution in [0.4, 0.5) is 5.69 Å². The van der Waals surface area contributed by atoms with Crippen LogP contribution in [0.25, 0.3) is 11.1 Å². The Morgan fingerprint density at radius 3 is 2.62 bits per heavy atom. The third kappa shape index (κ3) is 2.11. The second-order valence-electron chi connectivity index (χ2n) is 3.66. The standard InChI is InChI=1S/C14H13NO/c1-11-5-2-3-8-14(11)12-6-4-7-13(9-12)15-10-16/h2-10H,1H3,(H,15,16). The molecule has 2 nitrogen and oxygen atoms in total. The molecular formula is C14H13NO. The molecule has 0 heterocycles. The van der Waals surface area contributed by atoms with Crippen LogP contribution in [0, 0.1) is 6.92 Å². The first-order chi connectivity index (χ1) is 7.81. The van der Waals surface area contributed by atoms with Gasteiger partial charge in [0, 0.05) is 5.69 Å². The number of aryl methyl sites for hydroxylation is 1. The van der Waals surface area contributed by atoms with Crippen LogP contribution in [0.2, 0.25) is 0 Å². The number of benzene rings is 2. The fourth-order valence-electron chi connectivity index (χ4n) is 1.74. The molecule has 0 aromatic heterocycles. The number of rotatable bonds is 3. The van der Waals surface area contributed by atoms with E-state index in [9.17, 15) is 4.79 Å². The molecule has 16 heavy (non-hydrogen) atoms. The molecule has 0 saturated heterocycles. The van der Waals surface area contributed by atoms with Crippen LogP contribution in [-0.2, 0) is 4.79 Å². The summed E-state index contributed by atoms with van der Waals surface area (Å²) < 4.78 is 0. The summed E-state index contributed by atoms with van der Waals surface area (Å²) in [6.07, 6.45) is 0.691. The van der Waals surface area contributed by atoms with Gasteiger partial charge in [0.25, 0.3) is 0 Å². The zero-order valence-electron chi connectivity index (χ0n) is 9.10. The lowest BCUT2D eigenvalue weighted by molar-refractivity contribution is -0.105. The van der Waals surface area contributed by atoms with E-state index in [1.165, 1.54) is 11.1 Å². The maximum Gasteiger partial charge on any atom is 0.211 e. The lowest BCUT2D eigenvalue weighted by atomic mass is 10.0. The molecule has 2 heteroatoms. The summed E-state index contributed by atoms with van der Waals surface area (Å²) in [5.41, 5.74) is 4.35. The Balaban J connectivity index is 2.44. The van der Waals surface area contributed by atoms with Crippen LogP contribution < -0.4 is 5.32 Å². The topological polar surface area (TPSA) is 29.1 Å². The van der Waals surface area contributed by atoms with Gasteiger partial charge in [0.1, 0.15) is 0 Å². The lowest BCUT2D eigenvalue weighted by Gasteiger charge is -2.07. The average molecular weight is 211 g/mol. The molecule has 2 rings (SSSR count). The number of amides is 1. The Morgan fingerprint density at radius 2 is 1.88 bits per heavy atom. The van der Waals surface area contributed by atoms with Crippen molar-refractivity contribution in [3.8, 4) is 11.1 Å². The molecule has 1 N–H and O–H groups in total. The summed E-state index contributed by atoms with van der Waals surface area (Å²) in [5, 5.41) is 2.66. The minimum absolute atomic E-state index is 0.691. The van der Waals surface area contributed by atoms with Crippen LogP contribution in [0.3, 0.4) is 0 Å². The van der Waals surface area contributed by atoms with E-state index < -0.39 is 0 Å². The molecule has 0 aliphatic rings. The number of nitrogens with one attached hydrogen (secondary N) is 1. The van der Waals surface area contributed by atoms with Crippen molar-refractivity contribution in [2.75, 3.05) is 5.32 Å². The van der Waals surface area contributed by atoms with E-state index in [-0.39, 0.29) is 0 Å².